The number of carbonyl (C=O) groups is 2. The maximum atomic E-state index is 12.9. The third-order valence-corrected chi connectivity index (χ3v) is 5.85. The van der Waals surface area contributed by atoms with Crippen LogP contribution in [-0.2, 0) is 0 Å². The number of rotatable bonds is 2. The van der Waals surface area contributed by atoms with Crippen LogP contribution in [0.5, 0.6) is 0 Å². The standard InChI is InChI=1S/C20H30N4O2/c1-15-13-23(10-8-21(15)3)19(25)17-6-5-7-18(12-17)20(26)24-11-9-22(4)16(2)14-24/h5-7,12,15-16H,8-11,13-14H2,1-4H3. The first kappa shape index (κ1) is 18.9. The van der Waals surface area contributed by atoms with E-state index in [-0.39, 0.29) is 11.8 Å². The molecule has 1 aromatic rings. The van der Waals surface area contributed by atoms with Gasteiger partial charge in [0.2, 0.25) is 0 Å². The minimum atomic E-state index is 0.0198. The predicted molar refractivity (Wildman–Crippen MR) is 102 cm³/mol. The van der Waals surface area contributed by atoms with E-state index in [0.29, 0.717) is 23.2 Å². The molecule has 0 N–H and O–H groups in total. The van der Waals surface area contributed by atoms with Gasteiger partial charge >= 0.3 is 0 Å². The summed E-state index contributed by atoms with van der Waals surface area (Å²) in [5.74, 6) is 0.0395. The van der Waals surface area contributed by atoms with Crippen LogP contribution in [0, 0.1) is 0 Å². The lowest BCUT2D eigenvalue weighted by molar-refractivity contribution is 0.0569. The minimum absolute atomic E-state index is 0.0198. The van der Waals surface area contributed by atoms with Gasteiger partial charge in [-0.15, -0.1) is 0 Å². The van der Waals surface area contributed by atoms with Crippen molar-refractivity contribution < 1.29 is 9.59 Å². The molecular formula is C20H30N4O2. The van der Waals surface area contributed by atoms with Gasteiger partial charge in [0.15, 0.2) is 0 Å². The first-order valence-corrected chi connectivity index (χ1v) is 9.46. The third kappa shape index (κ3) is 3.91. The van der Waals surface area contributed by atoms with E-state index in [0.717, 1.165) is 39.3 Å². The summed E-state index contributed by atoms with van der Waals surface area (Å²) in [5.41, 5.74) is 1.21. The first-order valence-electron chi connectivity index (χ1n) is 9.46. The molecule has 2 heterocycles. The summed E-state index contributed by atoms with van der Waals surface area (Å²) >= 11 is 0. The van der Waals surface area contributed by atoms with Gasteiger partial charge in [0.1, 0.15) is 0 Å². The highest BCUT2D eigenvalue weighted by molar-refractivity contribution is 5.99. The quantitative estimate of drug-likeness (QED) is 0.798. The number of amides is 2. The van der Waals surface area contributed by atoms with Crippen molar-refractivity contribution >= 4 is 11.8 Å². The molecule has 0 bridgehead atoms. The molecule has 2 atom stereocenters. The smallest absolute Gasteiger partial charge is 0.253 e. The van der Waals surface area contributed by atoms with Crippen molar-refractivity contribution in [2.45, 2.75) is 25.9 Å². The molecule has 2 aliphatic heterocycles. The molecule has 0 spiro atoms. The number of piperazine rings is 2. The van der Waals surface area contributed by atoms with Gasteiger partial charge in [-0.3, -0.25) is 9.59 Å². The zero-order valence-corrected chi connectivity index (χ0v) is 16.3. The summed E-state index contributed by atoms with van der Waals surface area (Å²) in [5, 5.41) is 0. The van der Waals surface area contributed by atoms with E-state index in [1.165, 1.54) is 0 Å². The molecule has 0 aliphatic carbocycles. The van der Waals surface area contributed by atoms with Crippen molar-refractivity contribution in [2.75, 3.05) is 53.4 Å². The molecule has 26 heavy (non-hydrogen) atoms. The Morgan fingerprint density at radius 2 is 1.23 bits per heavy atom. The summed E-state index contributed by atoms with van der Waals surface area (Å²) in [6.07, 6.45) is 0. The van der Waals surface area contributed by atoms with Crippen LogP contribution in [-0.4, -0.2) is 96.9 Å². The number of hydrogen-bond acceptors (Lipinski definition) is 4. The number of nitrogens with zero attached hydrogens (tertiary/aromatic N) is 4. The average Bonchev–Trinajstić information content (AvgIpc) is 2.65. The molecule has 2 amide bonds. The van der Waals surface area contributed by atoms with E-state index in [1.807, 2.05) is 28.0 Å². The van der Waals surface area contributed by atoms with Gasteiger partial charge in [-0.25, -0.2) is 0 Å². The topological polar surface area (TPSA) is 47.1 Å². The molecule has 1 aromatic carbocycles. The Kier molecular flexibility index (Phi) is 5.63. The Morgan fingerprint density at radius 3 is 1.62 bits per heavy atom. The molecule has 2 aliphatic rings. The van der Waals surface area contributed by atoms with Crippen molar-refractivity contribution in [1.29, 1.82) is 0 Å². The molecule has 0 radical (unpaired) electrons. The highest BCUT2D eigenvalue weighted by Crippen LogP contribution is 2.16. The molecular weight excluding hydrogens is 328 g/mol. The van der Waals surface area contributed by atoms with Crippen LogP contribution < -0.4 is 0 Å². The largest absolute Gasteiger partial charge is 0.336 e. The summed E-state index contributed by atoms with van der Waals surface area (Å²) < 4.78 is 0. The van der Waals surface area contributed by atoms with Gasteiger partial charge in [0, 0.05) is 62.5 Å². The van der Waals surface area contributed by atoms with Gasteiger partial charge < -0.3 is 19.6 Å². The summed E-state index contributed by atoms with van der Waals surface area (Å²) in [7, 11) is 4.17. The fourth-order valence-electron chi connectivity index (χ4n) is 3.62. The van der Waals surface area contributed by atoms with E-state index in [9.17, 15) is 9.59 Å². The van der Waals surface area contributed by atoms with Crippen LogP contribution in [0.15, 0.2) is 24.3 Å². The molecule has 2 fully saturated rings. The van der Waals surface area contributed by atoms with E-state index in [4.69, 9.17) is 0 Å². The van der Waals surface area contributed by atoms with Gasteiger partial charge in [0.05, 0.1) is 0 Å². The van der Waals surface area contributed by atoms with Crippen LogP contribution in [0.3, 0.4) is 0 Å². The van der Waals surface area contributed by atoms with Crippen LogP contribution in [0.4, 0.5) is 0 Å². The maximum absolute atomic E-state index is 12.9. The molecule has 0 aromatic heterocycles. The molecule has 6 nitrogen and oxygen atoms in total. The lowest BCUT2D eigenvalue weighted by Gasteiger charge is -2.38. The molecule has 3 rings (SSSR count). The Bertz CT molecular complexity index is 624. The Morgan fingerprint density at radius 1 is 0.808 bits per heavy atom. The second kappa shape index (κ2) is 7.76. The number of carbonyl (C=O) groups excluding carboxylic acids is 2. The van der Waals surface area contributed by atoms with Crippen molar-refractivity contribution in [3.05, 3.63) is 35.4 Å². The van der Waals surface area contributed by atoms with E-state index in [2.05, 4.69) is 37.7 Å². The van der Waals surface area contributed by atoms with Gasteiger partial charge in [-0.2, -0.15) is 0 Å². The van der Waals surface area contributed by atoms with Crippen molar-refractivity contribution in [2.24, 2.45) is 0 Å². The van der Waals surface area contributed by atoms with Crippen molar-refractivity contribution in [1.82, 2.24) is 19.6 Å². The van der Waals surface area contributed by atoms with Crippen molar-refractivity contribution in [3.8, 4) is 0 Å². The Labute approximate surface area is 156 Å². The second-order valence-electron chi connectivity index (χ2n) is 7.74. The second-order valence-corrected chi connectivity index (χ2v) is 7.74. The van der Waals surface area contributed by atoms with E-state index < -0.39 is 0 Å². The highest BCUT2D eigenvalue weighted by atomic mass is 16.2. The fraction of sp³-hybridized carbons (Fsp3) is 0.600. The third-order valence-electron chi connectivity index (χ3n) is 5.85. The summed E-state index contributed by atoms with van der Waals surface area (Å²) in [4.78, 5) is 34.1. The molecule has 0 saturated carbocycles. The van der Waals surface area contributed by atoms with Gasteiger partial charge in [-0.1, -0.05) is 6.07 Å². The maximum Gasteiger partial charge on any atom is 0.253 e. The SMILES string of the molecule is CC1CN(C(=O)c2cccc(C(=O)N3CCN(C)C(C)C3)c2)CCN1C. The lowest BCUT2D eigenvalue weighted by atomic mass is 10.1. The first-order chi connectivity index (χ1) is 12.4. The summed E-state index contributed by atoms with van der Waals surface area (Å²) in [6.45, 7) is 8.94. The Balaban J connectivity index is 1.72. The molecule has 2 saturated heterocycles. The molecule has 142 valence electrons. The van der Waals surface area contributed by atoms with Crippen molar-refractivity contribution in [3.63, 3.8) is 0 Å². The van der Waals surface area contributed by atoms with Crippen LogP contribution in [0.25, 0.3) is 0 Å². The monoisotopic (exact) mass is 358 g/mol. The number of benzene rings is 1. The zero-order valence-electron chi connectivity index (χ0n) is 16.3. The number of likely N-dealkylation sites (N-methyl/N-ethyl adjacent to an activating group) is 2. The highest BCUT2D eigenvalue weighted by Gasteiger charge is 2.27. The van der Waals surface area contributed by atoms with Crippen LogP contribution in [0.1, 0.15) is 34.6 Å². The Hall–Kier alpha value is -1.92. The van der Waals surface area contributed by atoms with Crippen LogP contribution >= 0.6 is 0 Å². The van der Waals surface area contributed by atoms with Gasteiger partial charge in [-0.05, 0) is 46.1 Å². The molecule has 2 unspecified atom stereocenters. The van der Waals surface area contributed by atoms with Gasteiger partial charge in [0.25, 0.3) is 11.8 Å². The fourth-order valence-corrected chi connectivity index (χ4v) is 3.62. The average molecular weight is 358 g/mol. The number of hydrogen-bond donors (Lipinski definition) is 0. The molecule has 6 heteroatoms. The van der Waals surface area contributed by atoms with Crippen LogP contribution in [0.2, 0.25) is 0 Å². The van der Waals surface area contributed by atoms with E-state index >= 15 is 0 Å². The minimum Gasteiger partial charge on any atom is -0.336 e. The normalized spacial score (nSPS) is 25.4. The zero-order chi connectivity index (χ0) is 18.8. The predicted octanol–water partition coefficient (Wildman–Crippen LogP) is 1.24. The lowest BCUT2D eigenvalue weighted by Crippen LogP contribution is -2.52. The van der Waals surface area contributed by atoms with E-state index in [1.54, 1.807) is 6.07 Å². The summed E-state index contributed by atoms with van der Waals surface area (Å²) in [6, 6.07) is 7.91.